The number of rotatable bonds is 3. The number of carbonyl (C=O) groups excluding carboxylic acids is 1. The first-order valence-corrected chi connectivity index (χ1v) is 6.75. The zero-order valence-corrected chi connectivity index (χ0v) is 12.4. The van der Waals surface area contributed by atoms with E-state index in [9.17, 15) is 9.18 Å². The minimum Gasteiger partial charge on any atom is -0.455 e. The van der Waals surface area contributed by atoms with E-state index in [4.69, 9.17) is 13.7 Å². The Morgan fingerprint density at radius 1 is 1.32 bits per heavy atom. The van der Waals surface area contributed by atoms with Crippen LogP contribution in [0.1, 0.15) is 33.1 Å². The molecule has 0 fully saturated rings. The first-order valence-electron chi connectivity index (χ1n) is 6.75. The zero-order valence-electron chi connectivity index (χ0n) is 12.4. The standard InChI is InChI=1S/C16H14FNO4/c1-8-12-6-11(17)4-5-14(12)21-15(8)16(19)20-7-13-9(2)18-22-10(13)3/h4-6H,7H2,1-3H3. The molecule has 0 unspecified atom stereocenters. The number of aromatic nitrogens is 1. The lowest BCUT2D eigenvalue weighted by atomic mass is 10.1. The lowest BCUT2D eigenvalue weighted by Gasteiger charge is -2.02. The van der Waals surface area contributed by atoms with Crippen molar-refractivity contribution in [2.24, 2.45) is 0 Å². The molecule has 0 aliphatic carbocycles. The van der Waals surface area contributed by atoms with Crippen molar-refractivity contribution in [3.05, 3.63) is 52.4 Å². The highest BCUT2D eigenvalue weighted by Crippen LogP contribution is 2.27. The maximum Gasteiger partial charge on any atom is 0.374 e. The molecule has 0 bridgehead atoms. The highest BCUT2D eigenvalue weighted by atomic mass is 19.1. The number of hydrogen-bond donors (Lipinski definition) is 0. The molecule has 6 heteroatoms. The second kappa shape index (κ2) is 5.29. The largest absolute Gasteiger partial charge is 0.455 e. The van der Waals surface area contributed by atoms with Crippen molar-refractivity contribution < 1.29 is 22.9 Å². The van der Waals surface area contributed by atoms with Gasteiger partial charge in [-0.25, -0.2) is 9.18 Å². The van der Waals surface area contributed by atoms with Gasteiger partial charge < -0.3 is 13.7 Å². The molecule has 0 saturated heterocycles. The number of furan rings is 1. The Hall–Kier alpha value is -2.63. The van der Waals surface area contributed by atoms with Crippen LogP contribution in [0.5, 0.6) is 0 Å². The second-order valence-corrected chi connectivity index (χ2v) is 5.08. The fraction of sp³-hybridized carbons (Fsp3) is 0.250. The van der Waals surface area contributed by atoms with Crippen molar-refractivity contribution in [3.63, 3.8) is 0 Å². The summed E-state index contributed by atoms with van der Waals surface area (Å²) in [5, 5.41) is 4.36. The van der Waals surface area contributed by atoms with Crippen LogP contribution in [0.4, 0.5) is 4.39 Å². The van der Waals surface area contributed by atoms with Crippen LogP contribution in [0.2, 0.25) is 0 Å². The molecule has 0 spiro atoms. The Bertz CT molecular complexity index is 843. The Labute approximate surface area is 125 Å². The number of carbonyl (C=O) groups is 1. The SMILES string of the molecule is Cc1noc(C)c1COC(=O)c1oc2ccc(F)cc2c1C. The van der Waals surface area contributed by atoms with Crippen molar-refractivity contribution in [1.29, 1.82) is 0 Å². The van der Waals surface area contributed by atoms with Crippen LogP contribution < -0.4 is 0 Å². The molecule has 0 radical (unpaired) electrons. The van der Waals surface area contributed by atoms with Crippen molar-refractivity contribution >= 4 is 16.9 Å². The van der Waals surface area contributed by atoms with Crippen LogP contribution in [-0.4, -0.2) is 11.1 Å². The van der Waals surface area contributed by atoms with E-state index in [-0.39, 0.29) is 18.2 Å². The molecule has 2 heterocycles. The molecular weight excluding hydrogens is 289 g/mol. The molecule has 0 aliphatic rings. The monoisotopic (exact) mass is 303 g/mol. The van der Waals surface area contributed by atoms with Gasteiger partial charge in [0.15, 0.2) is 0 Å². The van der Waals surface area contributed by atoms with Crippen LogP contribution in [0.25, 0.3) is 11.0 Å². The van der Waals surface area contributed by atoms with Crippen LogP contribution >= 0.6 is 0 Å². The quantitative estimate of drug-likeness (QED) is 0.688. The highest BCUT2D eigenvalue weighted by molar-refractivity contribution is 5.95. The molecule has 0 atom stereocenters. The zero-order chi connectivity index (χ0) is 15.9. The van der Waals surface area contributed by atoms with Gasteiger partial charge in [-0.15, -0.1) is 0 Å². The lowest BCUT2D eigenvalue weighted by molar-refractivity contribution is 0.0435. The van der Waals surface area contributed by atoms with Gasteiger partial charge in [-0.3, -0.25) is 0 Å². The number of halogens is 1. The van der Waals surface area contributed by atoms with Crippen LogP contribution in [0, 0.1) is 26.6 Å². The van der Waals surface area contributed by atoms with E-state index in [2.05, 4.69) is 5.16 Å². The van der Waals surface area contributed by atoms with E-state index in [1.807, 2.05) is 0 Å². The van der Waals surface area contributed by atoms with Gasteiger partial charge >= 0.3 is 5.97 Å². The highest BCUT2D eigenvalue weighted by Gasteiger charge is 2.20. The van der Waals surface area contributed by atoms with Gasteiger partial charge in [0.05, 0.1) is 11.3 Å². The minimum atomic E-state index is -0.603. The van der Waals surface area contributed by atoms with Gasteiger partial charge in [0.1, 0.15) is 23.8 Å². The predicted octanol–water partition coefficient (Wildman–Crippen LogP) is 3.84. The number of aryl methyl sites for hydroxylation is 3. The van der Waals surface area contributed by atoms with E-state index in [0.29, 0.717) is 28.0 Å². The Balaban J connectivity index is 1.85. The van der Waals surface area contributed by atoms with Crippen LogP contribution in [0.3, 0.4) is 0 Å². The second-order valence-electron chi connectivity index (χ2n) is 5.08. The Morgan fingerprint density at radius 3 is 2.77 bits per heavy atom. The maximum absolute atomic E-state index is 13.3. The molecule has 3 rings (SSSR count). The molecule has 3 aromatic rings. The predicted molar refractivity (Wildman–Crippen MR) is 76.0 cm³/mol. The fourth-order valence-corrected chi connectivity index (χ4v) is 2.30. The van der Waals surface area contributed by atoms with Gasteiger partial charge in [0.25, 0.3) is 0 Å². The summed E-state index contributed by atoms with van der Waals surface area (Å²) in [6.45, 7) is 5.26. The third kappa shape index (κ3) is 2.36. The number of nitrogens with zero attached hydrogens (tertiary/aromatic N) is 1. The van der Waals surface area contributed by atoms with Crippen molar-refractivity contribution in [2.75, 3.05) is 0 Å². The number of esters is 1. The van der Waals surface area contributed by atoms with Crippen molar-refractivity contribution in [2.45, 2.75) is 27.4 Å². The van der Waals surface area contributed by atoms with E-state index in [0.717, 1.165) is 5.56 Å². The number of ether oxygens (including phenoxy) is 1. The first-order chi connectivity index (χ1) is 10.5. The minimum absolute atomic E-state index is 0.0465. The molecule has 0 aliphatic heterocycles. The molecular formula is C16H14FNO4. The van der Waals surface area contributed by atoms with Crippen molar-refractivity contribution in [3.8, 4) is 0 Å². The van der Waals surface area contributed by atoms with Gasteiger partial charge in [-0.05, 0) is 39.0 Å². The molecule has 0 saturated carbocycles. The van der Waals surface area contributed by atoms with Gasteiger partial charge in [0, 0.05) is 10.9 Å². The maximum atomic E-state index is 13.3. The fourth-order valence-electron chi connectivity index (χ4n) is 2.30. The lowest BCUT2D eigenvalue weighted by Crippen LogP contribution is -2.06. The molecule has 114 valence electrons. The van der Waals surface area contributed by atoms with Gasteiger partial charge in [0.2, 0.25) is 5.76 Å². The summed E-state index contributed by atoms with van der Waals surface area (Å²) >= 11 is 0. The smallest absolute Gasteiger partial charge is 0.374 e. The topological polar surface area (TPSA) is 65.5 Å². The average molecular weight is 303 g/mol. The molecule has 5 nitrogen and oxygen atoms in total. The van der Waals surface area contributed by atoms with Crippen LogP contribution in [0.15, 0.2) is 27.1 Å². The first kappa shape index (κ1) is 14.3. The molecule has 22 heavy (non-hydrogen) atoms. The van der Waals surface area contributed by atoms with Crippen molar-refractivity contribution in [1.82, 2.24) is 5.16 Å². The molecule has 0 amide bonds. The summed E-state index contributed by atoms with van der Waals surface area (Å²) < 4.78 is 29.0. The summed E-state index contributed by atoms with van der Waals surface area (Å²) in [4.78, 5) is 12.2. The van der Waals surface area contributed by atoms with Gasteiger partial charge in [-0.2, -0.15) is 0 Å². The Morgan fingerprint density at radius 2 is 2.09 bits per heavy atom. The van der Waals surface area contributed by atoms with E-state index in [1.165, 1.54) is 18.2 Å². The Kier molecular flexibility index (Phi) is 3.44. The number of benzene rings is 1. The summed E-state index contributed by atoms with van der Waals surface area (Å²) in [7, 11) is 0. The average Bonchev–Trinajstić information content (AvgIpc) is 2.98. The summed E-state index contributed by atoms with van der Waals surface area (Å²) in [5.74, 6) is -0.304. The van der Waals surface area contributed by atoms with E-state index >= 15 is 0 Å². The molecule has 2 aromatic heterocycles. The van der Waals surface area contributed by atoms with Gasteiger partial charge in [-0.1, -0.05) is 5.16 Å². The van der Waals surface area contributed by atoms with Crippen LogP contribution in [-0.2, 0) is 11.3 Å². The summed E-state index contributed by atoms with van der Waals surface area (Å²) in [6.07, 6.45) is 0. The van der Waals surface area contributed by atoms with E-state index in [1.54, 1.807) is 20.8 Å². The number of fused-ring (bicyclic) bond motifs is 1. The normalized spacial score (nSPS) is 11.1. The summed E-state index contributed by atoms with van der Waals surface area (Å²) in [6, 6.07) is 4.10. The third-order valence-electron chi connectivity index (χ3n) is 3.61. The molecule has 0 N–H and O–H groups in total. The number of hydrogen-bond acceptors (Lipinski definition) is 5. The van der Waals surface area contributed by atoms with E-state index < -0.39 is 5.97 Å². The third-order valence-corrected chi connectivity index (χ3v) is 3.61. The molecule has 1 aromatic carbocycles. The summed E-state index contributed by atoms with van der Waals surface area (Å²) in [5.41, 5.74) is 2.41.